The Bertz CT molecular complexity index is 497. The Balaban J connectivity index is 1.81. The fourth-order valence-corrected chi connectivity index (χ4v) is 3.46. The summed E-state index contributed by atoms with van der Waals surface area (Å²) >= 11 is 6.20. The molecule has 0 amide bonds. The SMILES string of the molecule is CC1(C(N)Cc2cc(Cl)cc3c2OCC3)CCCCO1. The van der Waals surface area contributed by atoms with E-state index in [0.717, 1.165) is 55.2 Å². The van der Waals surface area contributed by atoms with Crippen molar-refractivity contribution in [3.05, 3.63) is 28.3 Å². The van der Waals surface area contributed by atoms with Crippen LogP contribution in [0.15, 0.2) is 12.1 Å². The van der Waals surface area contributed by atoms with Crippen molar-refractivity contribution in [1.82, 2.24) is 0 Å². The third-order valence-corrected chi connectivity index (χ3v) is 4.77. The van der Waals surface area contributed by atoms with Gasteiger partial charge >= 0.3 is 0 Å². The molecule has 2 heterocycles. The van der Waals surface area contributed by atoms with Crippen LogP contribution in [0.1, 0.15) is 37.3 Å². The van der Waals surface area contributed by atoms with Crippen molar-refractivity contribution in [1.29, 1.82) is 0 Å². The van der Waals surface area contributed by atoms with E-state index in [0.29, 0.717) is 0 Å². The number of ether oxygens (including phenoxy) is 2. The molecule has 0 aromatic heterocycles. The average Bonchev–Trinajstić information content (AvgIpc) is 2.87. The molecule has 20 heavy (non-hydrogen) atoms. The van der Waals surface area contributed by atoms with Crippen LogP contribution < -0.4 is 10.5 Å². The molecule has 110 valence electrons. The standard InChI is InChI=1S/C16H22ClNO2/c1-16(5-2-3-6-20-16)14(18)10-12-9-13(17)8-11-4-7-19-15(11)12/h8-9,14H,2-7,10,18H2,1H3. The number of nitrogens with two attached hydrogens (primary N) is 1. The van der Waals surface area contributed by atoms with Crippen LogP contribution in [0.4, 0.5) is 0 Å². The highest BCUT2D eigenvalue weighted by atomic mass is 35.5. The van der Waals surface area contributed by atoms with Crippen LogP contribution in [-0.2, 0) is 17.6 Å². The number of hydrogen-bond acceptors (Lipinski definition) is 3. The molecule has 2 N–H and O–H groups in total. The molecule has 1 saturated heterocycles. The van der Waals surface area contributed by atoms with Gasteiger partial charge in [0.15, 0.2) is 0 Å². The molecule has 0 bridgehead atoms. The van der Waals surface area contributed by atoms with Crippen molar-refractivity contribution in [3.63, 3.8) is 0 Å². The maximum atomic E-state index is 6.44. The summed E-state index contributed by atoms with van der Waals surface area (Å²) in [5.41, 5.74) is 8.53. The first kappa shape index (κ1) is 14.2. The summed E-state index contributed by atoms with van der Waals surface area (Å²) in [6, 6.07) is 3.95. The molecule has 2 aliphatic heterocycles. The molecule has 1 aromatic carbocycles. The normalized spacial score (nSPS) is 26.9. The molecule has 0 aliphatic carbocycles. The maximum Gasteiger partial charge on any atom is 0.125 e. The highest BCUT2D eigenvalue weighted by molar-refractivity contribution is 6.30. The number of hydrogen-bond donors (Lipinski definition) is 1. The van der Waals surface area contributed by atoms with Crippen molar-refractivity contribution < 1.29 is 9.47 Å². The Kier molecular flexibility index (Phi) is 3.93. The van der Waals surface area contributed by atoms with Gasteiger partial charge < -0.3 is 15.2 Å². The lowest BCUT2D eigenvalue weighted by Crippen LogP contribution is -2.50. The monoisotopic (exact) mass is 295 g/mol. The molecule has 3 nitrogen and oxygen atoms in total. The molecule has 0 radical (unpaired) electrons. The summed E-state index contributed by atoms with van der Waals surface area (Å²) < 4.78 is 11.7. The van der Waals surface area contributed by atoms with Crippen LogP contribution in [0, 0.1) is 0 Å². The second-order valence-electron chi connectivity index (χ2n) is 6.08. The number of benzene rings is 1. The summed E-state index contributed by atoms with van der Waals surface area (Å²) in [7, 11) is 0. The lowest BCUT2D eigenvalue weighted by molar-refractivity contribution is -0.0809. The van der Waals surface area contributed by atoms with E-state index in [4.69, 9.17) is 26.8 Å². The topological polar surface area (TPSA) is 44.5 Å². The van der Waals surface area contributed by atoms with E-state index in [1.807, 2.05) is 12.1 Å². The van der Waals surface area contributed by atoms with Gasteiger partial charge in [-0.2, -0.15) is 0 Å². The van der Waals surface area contributed by atoms with Gasteiger partial charge in [-0.1, -0.05) is 11.6 Å². The lowest BCUT2D eigenvalue weighted by atomic mass is 9.85. The largest absolute Gasteiger partial charge is 0.493 e. The molecule has 1 fully saturated rings. The van der Waals surface area contributed by atoms with Crippen molar-refractivity contribution in [2.75, 3.05) is 13.2 Å². The first-order valence-corrected chi connectivity index (χ1v) is 7.80. The zero-order valence-electron chi connectivity index (χ0n) is 12.0. The average molecular weight is 296 g/mol. The lowest BCUT2D eigenvalue weighted by Gasteiger charge is -2.39. The maximum absolute atomic E-state index is 6.44. The van der Waals surface area contributed by atoms with Gasteiger partial charge in [-0.15, -0.1) is 0 Å². The Labute approximate surface area is 125 Å². The minimum Gasteiger partial charge on any atom is -0.493 e. The van der Waals surface area contributed by atoms with Gasteiger partial charge in [-0.25, -0.2) is 0 Å². The second kappa shape index (κ2) is 5.55. The van der Waals surface area contributed by atoms with E-state index in [-0.39, 0.29) is 11.6 Å². The van der Waals surface area contributed by atoms with Gasteiger partial charge in [-0.3, -0.25) is 0 Å². The molecular weight excluding hydrogens is 274 g/mol. The van der Waals surface area contributed by atoms with Crippen LogP contribution in [-0.4, -0.2) is 24.9 Å². The third-order valence-electron chi connectivity index (χ3n) is 4.55. The fraction of sp³-hybridized carbons (Fsp3) is 0.625. The highest BCUT2D eigenvalue weighted by Crippen LogP contribution is 2.36. The third kappa shape index (κ3) is 2.67. The van der Waals surface area contributed by atoms with Gasteiger partial charge in [-0.05, 0) is 55.9 Å². The van der Waals surface area contributed by atoms with Crippen LogP contribution >= 0.6 is 11.6 Å². The zero-order valence-corrected chi connectivity index (χ0v) is 12.7. The van der Waals surface area contributed by atoms with Gasteiger partial charge in [0.2, 0.25) is 0 Å². The fourth-order valence-electron chi connectivity index (χ4n) is 3.20. The quantitative estimate of drug-likeness (QED) is 0.932. The second-order valence-corrected chi connectivity index (χ2v) is 6.52. The molecule has 1 aromatic rings. The van der Waals surface area contributed by atoms with Gasteiger partial charge in [0.25, 0.3) is 0 Å². The van der Waals surface area contributed by atoms with E-state index in [9.17, 15) is 0 Å². The van der Waals surface area contributed by atoms with E-state index >= 15 is 0 Å². The Morgan fingerprint density at radius 3 is 2.95 bits per heavy atom. The van der Waals surface area contributed by atoms with Crippen LogP contribution in [0.5, 0.6) is 5.75 Å². The zero-order chi connectivity index (χ0) is 14.2. The summed E-state index contributed by atoms with van der Waals surface area (Å²) in [6.07, 6.45) is 5.04. The summed E-state index contributed by atoms with van der Waals surface area (Å²) in [4.78, 5) is 0. The van der Waals surface area contributed by atoms with Crippen LogP contribution in [0.2, 0.25) is 5.02 Å². The summed E-state index contributed by atoms with van der Waals surface area (Å²) in [6.45, 7) is 3.68. The van der Waals surface area contributed by atoms with Crippen molar-refractivity contribution in [3.8, 4) is 5.75 Å². The van der Waals surface area contributed by atoms with Crippen LogP contribution in [0.3, 0.4) is 0 Å². The van der Waals surface area contributed by atoms with E-state index in [1.54, 1.807) is 0 Å². The minimum atomic E-state index is -0.230. The number of fused-ring (bicyclic) bond motifs is 1. The van der Waals surface area contributed by atoms with Crippen LogP contribution in [0.25, 0.3) is 0 Å². The molecule has 2 atom stereocenters. The Hall–Kier alpha value is -0.770. The molecular formula is C16H22ClNO2. The molecule has 0 saturated carbocycles. The van der Waals surface area contributed by atoms with Gasteiger partial charge in [0.05, 0.1) is 12.2 Å². The molecule has 4 heteroatoms. The van der Waals surface area contributed by atoms with E-state index in [2.05, 4.69) is 6.92 Å². The summed E-state index contributed by atoms with van der Waals surface area (Å²) in [5, 5.41) is 0.770. The van der Waals surface area contributed by atoms with E-state index in [1.165, 1.54) is 12.0 Å². The predicted octanol–water partition coefficient (Wildman–Crippen LogP) is 3.10. The molecule has 2 unspecified atom stereocenters. The van der Waals surface area contributed by atoms with Crippen molar-refractivity contribution >= 4 is 11.6 Å². The van der Waals surface area contributed by atoms with E-state index < -0.39 is 0 Å². The Morgan fingerprint density at radius 1 is 1.35 bits per heavy atom. The number of halogens is 1. The highest BCUT2D eigenvalue weighted by Gasteiger charge is 2.35. The first-order chi connectivity index (χ1) is 9.58. The van der Waals surface area contributed by atoms with Crippen molar-refractivity contribution in [2.24, 2.45) is 5.73 Å². The smallest absolute Gasteiger partial charge is 0.125 e. The first-order valence-electron chi connectivity index (χ1n) is 7.42. The molecule has 0 spiro atoms. The van der Waals surface area contributed by atoms with Crippen molar-refractivity contribution in [2.45, 2.75) is 50.7 Å². The molecule has 2 aliphatic rings. The van der Waals surface area contributed by atoms with Gasteiger partial charge in [0, 0.05) is 24.1 Å². The summed E-state index contributed by atoms with van der Waals surface area (Å²) in [5.74, 6) is 0.990. The number of rotatable bonds is 3. The predicted molar refractivity (Wildman–Crippen MR) is 80.5 cm³/mol. The Morgan fingerprint density at radius 2 is 2.20 bits per heavy atom. The van der Waals surface area contributed by atoms with Gasteiger partial charge in [0.1, 0.15) is 5.75 Å². The minimum absolute atomic E-state index is 0.0328. The molecule has 3 rings (SSSR count).